The van der Waals surface area contributed by atoms with Crippen molar-refractivity contribution in [3.63, 3.8) is 0 Å². The Kier molecular flexibility index (Phi) is 4.58. The average Bonchev–Trinajstić information content (AvgIpc) is 2.71. The van der Waals surface area contributed by atoms with E-state index in [1.165, 1.54) is 0 Å². The van der Waals surface area contributed by atoms with Gasteiger partial charge in [-0.3, -0.25) is 0 Å². The van der Waals surface area contributed by atoms with Crippen LogP contribution in [0.15, 0.2) is 97.6 Å². The van der Waals surface area contributed by atoms with Gasteiger partial charge in [-0.25, -0.2) is 4.57 Å². The van der Waals surface area contributed by atoms with Gasteiger partial charge in [0.2, 0.25) is 5.69 Å². The van der Waals surface area contributed by atoms with E-state index in [0.717, 1.165) is 17.2 Å². The minimum atomic E-state index is 0.484. The molecule has 0 aliphatic carbocycles. The lowest BCUT2D eigenvalue weighted by molar-refractivity contribution is -0.606. The summed E-state index contributed by atoms with van der Waals surface area (Å²) < 4.78 is 3.90. The Morgan fingerprint density at radius 2 is 1.31 bits per heavy atom. The van der Waals surface area contributed by atoms with Crippen LogP contribution in [0, 0.1) is 0 Å². The Morgan fingerprint density at radius 3 is 1.96 bits per heavy atom. The van der Waals surface area contributed by atoms with Crippen LogP contribution < -0.4 is 9.13 Å². The van der Waals surface area contributed by atoms with Gasteiger partial charge in [0, 0.05) is 12.1 Å². The number of para-hydroxylation sites is 1. The smallest absolute Gasteiger partial charge is 0.233 e. The summed E-state index contributed by atoms with van der Waals surface area (Å²) in [4.78, 5) is 4.67. The molecule has 0 saturated heterocycles. The maximum absolute atomic E-state index is 6.67. The minimum Gasteiger partial charge on any atom is -0.435 e. The Morgan fingerprint density at radius 1 is 0.731 bits per heavy atom. The molecule has 0 spiro atoms. The molecule has 0 N–H and O–H groups in total. The van der Waals surface area contributed by atoms with Crippen LogP contribution in [0.25, 0.3) is 16.8 Å². The highest BCUT2D eigenvalue weighted by Gasteiger charge is 2.15. The van der Waals surface area contributed by atoms with Crippen molar-refractivity contribution >= 4 is 23.1 Å². The van der Waals surface area contributed by atoms with Gasteiger partial charge in [0.1, 0.15) is 10.8 Å². The number of rotatable bonds is 4. The minimum absolute atomic E-state index is 0.484. The van der Waals surface area contributed by atoms with E-state index in [1.54, 1.807) is 0 Å². The van der Waals surface area contributed by atoms with Crippen molar-refractivity contribution in [2.75, 3.05) is 0 Å². The van der Waals surface area contributed by atoms with Gasteiger partial charge in [-0.15, -0.1) is 0 Å². The molecule has 5 heteroatoms. The summed E-state index contributed by atoms with van der Waals surface area (Å²) in [6.45, 7) is 0. The monoisotopic (exact) mass is 359 g/mol. The second kappa shape index (κ2) is 7.33. The first-order valence-electron chi connectivity index (χ1n) is 8.22. The normalized spacial score (nSPS) is 10.5. The van der Waals surface area contributed by atoms with Gasteiger partial charge in [0.25, 0.3) is 0 Å². The molecule has 26 heavy (non-hydrogen) atoms. The fraction of sp³-hybridized carbons (Fsp3) is 0. The lowest BCUT2D eigenvalue weighted by Gasteiger charge is -2.19. The van der Waals surface area contributed by atoms with E-state index in [0.29, 0.717) is 10.8 Å². The van der Waals surface area contributed by atoms with Crippen LogP contribution >= 0.6 is 11.6 Å². The number of benzene rings is 1. The van der Waals surface area contributed by atoms with E-state index in [1.807, 2.05) is 107 Å². The summed E-state index contributed by atoms with van der Waals surface area (Å²) in [6, 6.07) is 23.4. The van der Waals surface area contributed by atoms with Crippen LogP contribution in [0.4, 0.5) is 11.5 Å². The van der Waals surface area contributed by atoms with E-state index in [9.17, 15) is 0 Å². The average molecular weight is 360 g/mol. The van der Waals surface area contributed by atoms with E-state index in [4.69, 9.17) is 11.6 Å². The summed E-state index contributed by atoms with van der Waals surface area (Å²) in [6.07, 6.45) is 7.80. The SMILES string of the molecule is Clc1c(-[n+]2ccccc2)cc(-[n+]2ccccc2)nc1[N-]c1ccccc1. The van der Waals surface area contributed by atoms with Gasteiger partial charge < -0.3 is 10.3 Å². The molecule has 0 bridgehead atoms. The maximum atomic E-state index is 6.67. The van der Waals surface area contributed by atoms with Crippen molar-refractivity contribution in [2.24, 2.45) is 0 Å². The molecule has 0 aliphatic rings. The number of aromatic nitrogens is 3. The number of pyridine rings is 3. The first kappa shape index (κ1) is 16.2. The molecule has 0 unspecified atom stereocenters. The van der Waals surface area contributed by atoms with Crippen LogP contribution in [0.2, 0.25) is 5.02 Å². The summed E-state index contributed by atoms with van der Waals surface area (Å²) >= 11 is 6.67. The number of hydrogen-bond acceptors (Lipinski definition) is 1. The summed E-state index contributed by atoms with van der Waals surface area (Å²) in [5, 5.41) is 5.15. The summed E-state index contributed by atoms with van der Waals surface area (Å²) in [5.74, 6) is 1.23. The molecule has 0 aliphatic heterocycles. The van der Waals surface area contributed by atoms with Crippen molar-refractivity contribution in [1.82, 2.24) is 4.98 Å². The molecule has 0 fully saturated rings. The predicted octanol–water partition coefficient (Wildman–Crippen LogP) is 4.63. The molecule has 0 amide bonds. The predicted molar refractivity (Wildman–Crippen MR) is 101 cm³/mol. The van der Waals surface area contributed by atoms with E-state index >= 15 is 0 Å². The van der Waals surface area contributed by atoms with Gasteiger partial charge in [-0.1, -0.05) is 54.1 Å². The lowest BCUT2D eigenvalue weighted by atomic mass is 10.3. The van der Waals surface area contributed by atoms with Crippen LogP contribution in [-0.2, 0) is 0 Å². The Hall–Kier alpha value is -3.24. The van der Waals surface area contributed by atoms with Gasteiger partial charge in [0.15, 0.2) is 12.4 Å². The molecule has 4 nitrogen and oxygen atoms in total. The van der Waals surface area contributed by atoms with E-state index in [2.05, 4.69) is 10.3 Å². The van der Waals surface area contributed by atoms with E-state index < -0.39 is 0 Å². The fourth-order valence-electron chi connectivity index (χ4n) is 2.62. The number of halogens is 1. The first-order chi connectivity index (χ1) is 12.8. The molecule has 0 atom stereocenters. The first-order valence-corrected chi connectivity index (χ1v) is 8.60. The van der Waals surface area contributed by atoms with Crippen molar-refractivity contribution < 1.29 is 9.13 Å². The highest BCUT2D eigenvalue weighted by Crippen LogP contribution is 2.36. The highest BCUT2D eigenvalue weighted by atomic mass is 35.5. The van der Waals surface area contributed by atoms with E-state index in [-0.39, 0.29) is 0 Å². The second-order valence-electron chi connectivity index (χ2n) is 5.65. The molecule has 126 valence electrons. The molecule has 4 aromatic rings. The van der Waals surface area contributed by atoms with Crippen molar-refractivity contribution in [2.45, 2.75) is 0 Å². The van der Waals surface area contributed by atoms with Crippen LogP contribution in [-0.4, -0.2) is 4.98 Å². The van der Waals surface area contributed by atoms with Crippen LogP contribution in [0.5, 0.6) is 0 Å². The molecular weight excluding hydrogens is 344 g/mol. The maximum Gasteiger partial charge on any atom is 0.233 e. The van der Waals surface area contributed by atoms with Crippen molar-refractivity contribution in [3.8, 4) is 11.5 Å². The zero-order valence-electron chi connectivity index (χ0n) is 13.9. The molecular formula is C21H16ClN4+. The third-order valence-electron chi connectivity index (χ3n) is 3.87. The molecule has 3 aromatic heterocycles. The van der Waals surface area contributed by atoms with Gasteiger partial charge in [-0.2, -0.15) is 4.57 Å². The Balaban J connectivity index is 1.87. The number of nitrogens with zero attached hydrogens (tertiary/aromatic N) is 4. The third kappa shape index (κ3) is 3.41. The van der Waals surface area contributed by atoms with Gasteiger partial charge >= 0.3 is 0 Å². The Bertz CT molecular complexity index is 1010. The summed E-state index contributed by atoms with van der Waals surface area (Å²) in [5.41, 5.74) is 1.63. The molecule has 0 saturated carbocycles. The number of hydrogen-bond donors (Lipinski definition) is 0. The van der Waals surface area contributed by atoms with Crippen LogP contribution in [0.1, 0.15) is 0 Å². The summed E-state index contributed by atoms with van der Waals surface area (Å²) in [7, 11) is 0. The Labute approximate surface area is 157 Å². The second-order valence-corrected chi connectivity index (χ2v) is 6.03. The molecule has 0 radical (unpaired) electrons. The van der Waals surface area contributed by atoms with Crippen molar-refractivity contribution in [3.05, 3.63) is 108 Å². The zero-order valence-corrected chi connectivity index (χ0v) is 14.7. The molecule has 1 aromatic carbocycles. The molecule has 4 rings (SSSR count). The standard InChI is InChI=1S/C21H16ClN4/c22-20-18(25-12-6-2-7-13-25)16-19(26-14-8-3-9-15-26)24-21(20)23-17-10-4-1-5-11-17/h1-16H/q+1. The third-order valence-corrected chi connectivity index (χ3v) is 4.24. The zero-order chi connectivity index (χ0) is 17.8. The fourth-order valence-corrected chi connectivity index (χ4v) is 2.86. The lowest BCUT2D eigenvalue weighted by Crippen LogP contribution is -2.34. The van der Waals surface area contributed by atoms with Crippen molar-refractivity contribution in [1.29, 1.82) is 0 Å². The van der Waals surface area contributed by atoms with Gasteiger partial charge in [0.05, 0.1) is 18.5 Å². The van der Waals surface area contributed by atoms with Gasteiger partial charge in [-0.05, 0) is 23.6 Å². The topological polar surface area (TPSA) is 34.8 Å². The molecule has 3 heterocycles. The van der Waals surface area contributed by atoms with Crippen LogP contribution in [0.3, 0.4) is 0 Å². The highest BCUT2D eigenvalue weighted by molar-refractivity contribution is 6.34. The quantitative estimate of drug-likeness (QED) is 0.489. The largest absolute Gasteiger partial charge is 0.435 e.